The summed E-state index contributed by atoms with van der Waals surface area (Å²) in [5.41, 5.74) is 0.852. The van der Waals surface area contributed by atoms with Crippen molar-refractivity contribution in [2.24, 2.45) is 4.99 Å². The van der Waals surface area contributed by atoms with Gasteiger partial charge in [-0.05, 0) is 38.5 Å². The highest BCUT2D eigenvalue weighted by atomic mass is 127. The van der Waals surface area contributed by atoms with E-state index >= 15 is 0 Å². The lowest BCUT2D eigenvalue weighted by atomic mass is 10.1. The van der Waals surface area contributed by atoms with Crippen LogP contribution in [0, 0.1) is 0 Å². The maximum Gasteiger partial charge on any atom is 0.194 e. The number of thioether (sulfide) groups is 1. The Kier molecular flexibility index (Phi) is 9.37. The molecule has 1 aliphatic heterocycles. The van der Waals surface area contributed by atoms with Gasteiger partial charge < -0.3 is 20.1 Å². The first kappa shape index (κ1) is 22.4. The molecule has 5 nitrogen and oxygen atoms in total. The molecular weight excluding hydrogens is 449 g/mol. The molecule has 142 valence electrons. The standard InChI is InChI=1S/C18H29N3O2S.HI/c1-5-19-17(21-10-11-24-18(2,3)13-21)20-12-16(22)14-6-8-15(23-4)9-7-14;/h6-9,16,22H,5,10-13H2,1-4H3,(H,19,20);1H. The van der Waals surface area contributed by atoms with E-state index in [2.05, 4.69) is 36.0 Å². The summed E-state index contributed by atoms with van der Waals surface area (Å²) in [5, 5.41) is 13.8. The maximum atomic E-state index is 10.4. The molecule has 0 aromatic heterocycles. The summed E-state index contributed by atoms with van der Waals surface area (Å²) >= 11 is 2.00. The minimum Gasteiger partial charge on any atom is -0.497 e. The zero-order valence-electron chi connectivity index (χ0n) is 15.5. The normalized spacial score (nSPS) is 18.3. The molecule has 1 saturated heterocycles. The predicted octanol–water partition coefficient (Wildman–Crippen LogP) is 3.14. The minimum atomic E-state index is -0.614. The first-order chi connectivity index (χ1) is 11.4. The molecular formula is C18H30IN3O2S. The molecule has 0 spiro atoms. The number of hydrogen-bond donors (Lipinski definition) is 2. The fourth-order valence-electron chi connectivity index (χ4n) is 2.73. The van der Waals surface area contributed by atoms with Crippen LogP contribution in [0.2, 0.25) is 0 Å². The van der Waals surface area contributed by atoms with Crippen molar-refractivity contribution in [3.05, 3.63) is 29.8 Å². The van der Waals surface area contributed by atoms with E-state index in [1.165, 1.54) is 0 Å². The number of rotatable bonds is 5. The Morgan fingerprint density at radius 2 is 2.08 bits per heavy atom. The molecule has 25 heavy (non-hydrogen) atoms. The molecule has 2 N–H and O–H groups in total. The van der Waals surface area contributed by atoms with Crippen molar-refractivity contribution in [3.8, 4) is 5.75 Å². The number of nitrogens with one attached hydrogen (secondary N) is 1. The second-order valence-corrected chi connectivity index (χ2v) is 8.32. The summed E-state index contributed by atoms with van der Waals surface area (Å²) in [6.45, 7) is 9.71. The van der Waals surface area contributed by atoms with Gasteiger partial charge in [0.05, 0.1) is 19.8 Å². The third kappa shape index (κ3) is 6.86. The van der Waals surface area contributed by atoms with Crippen LogP contribution in [0.3, 0.4) is 0 Å². The summed E-state index contributed by atoms with van der Waals surface area (Å²) in [6.07, 6.45) is -0.614. The molecule has 1 aromatic carbocycles. The summed E-state index contributed by atoms with van der Waals surface area (Å²) in [7, 11) is 1.64. The molecule has 0 amide bonds. The number of nitrogens with zero attached hydrogens (tertiary/aromatic N) is 2. The third-order valence-corrected chi connectivity index (χ3v) is 5.27. The highest BCUT2D eigenvalue weighted by Gasteiger charge is 2.28. The van der Waals surface area contributed by atoms with Crippen LogP contribution < -0.4 is 10.1 Å². The van der Waals surface area contributed by atoms with Crippen molar-refractivity contribution >= 4 is 41.7 Å². The minimum absolute atomic E-state index is 0. The van der Waals surface area contributed by atoms with Crippen molar-refractivity contribution in [2.75, 3.05) is 39.0 Å². The van der Waals surface area contributed by atoms with Gasteiger partial charge in [-0.15, -0.1) is 24.0 Å². The van der Waals surface area contributed by atoms with Gasteiger partial charge in [-0.25, -0.2) is 0 Å². The van der Waals surface area contributed by atoms with Crippen LogP contribution in [0.15, 0.2) is 29.3 Å². The lowest BCUT2D eigenvalue weighted by Crippen LogP contribution is -2.51. The van der Waals surface area contributed by atoms with E-state index in [1.807, 2.05) is 36.0 Å². The number of hydrogen-bond acceptors (Lipinski definition) is 4. The fraction of sp³-hybridized carbons (Fsp3) is 0.611. The van der Waals surface area contributed by atoms with E-state index < -0.39 is 6.10 Å². The predicted molar refractivity (Wildman–Crippen MR) is 117 cm³/mol. The summed E-state index contributed by atoms with van der Waals surface area (Å²) in [6, 6.07) is 7.48. The number of halogens is 1. The molecule has 1 heterocycles. The molecule has 1 aromatic rings. The number of benzene rings is 1. The van der Waals surface area contributed by atoms with Gasteiger partial charge in [0.25, 0.3) is 0 Å². The Balaban J connectivity index is 0.00000312. The summed E-state index contributed by atoms with van der Waals surface area (Å²) < 4.78 is 5.38. The van der Waals surface area contributed by atoms with Crippen molar-refractivity contribution in [1.29, 1.82) is 0 Å². The SMILES string of the molecule is CCNC(=NCC(O)c1ccc(OC)cc1)N1CCSC(C)(C)C1.I. The average molecular weight is 479 g/mol. The number of aliphatic hydroxyl groups is 1. The smallest absolute Gasteiger partial charge is 0.194 e. The first-order valence-electron chi connectivity index (χ1n) is 8.44. The lowest BCUT2D eigenvalue weighted by Gasteiger charge is -2.39. The molecule has 0 saturated carbocycles. The van der Waals surface area contributed by atoms with Crippen LogP contribution in [0.25, 0.3) is 0 Å². The van der Waals surface area contributed by atoms with Gasteiger partial charge in [0.15, 0.2) is 5.96 Å². The third-order valence-electron chi connectivity index (χ3n) is 3.97. The average Bonchev–Trinajstić information content (AvgIpc) is 2.57. The van der Waals surface area contributed by atoms with Crippen LogP contribution in [-0.4, -0.2) is 59.8 Å². The van der Waals surface area contributed by atoms with E-state index in [0.29, 0.717) is 6.54 Å². The monoisotopic (exact) mass is 479 g/mol. The fourth-order valence-corrected chi connectivity index (χ4v) is 3.84. The van der Waals surface area contributed by atoms with Crippen LogP contribution in [-0.2, 0) is 0 Å². The molecule has 1 unspecified atom stereocenters. The quantitative estimate of drug-likeness (QED) is 0.386. The van der Waals surface area contributed by atoms with Gasteiger partial charge in [0.2, 0.25) is 0 Å². The van der Waals surface area contributed by atoms with E-state index in [9.17, 15) is 5.11 Å². The van der Waals surface area contributed by atoms with Gasteiger partial charge in [0, 0.05) is 30.1 Å². The summed E-state index contributed by atoms with van der Waals surface area (Å²) in [4.78, 5) is 6.95. The number of aliphatic imine (C=N–C) groups is 1. The molecule has 1 atom stereocenters. The van der Waals surface area contributed by atoms with Gasteiger partial charge in [0.1, 0.15) is 5.75 Å². The van der Waals surface area contributed by atoms with E-state index in [0.717, 1.165) is 42.7 Å². The molecule has 0 bridgehead atoms. The van der Waals surface area contributed by atoms with Crippen LogP contribution >= 0.6 is 35.7 Å². The Hall–Kier alpha value is -0.670. The topological polar surface area (TPSA) is 57.1 Å². The van der Waals surface area contributed by atoms with Crippen molar-refractivity contribution < 1.29 is 9.84 Å². The second kappa shape index (κ2) is 10.5. The van der Waals surface area contributed by atoms with E-state index in [-0.39, 0.29) is 28.7 Å². The maximum absolute atomic E-state index is 10.4. The molecule has 7 heteroatoms. The van der Waals surface area contributed by atoms with Gasteiger partial charge in [-0.1, -0.05) is 12.1 Å². The zero-order valence-corrected chi connectivity index (χ0v) is 18.6. The summed E-state index contributed by atoms with van der Waals surface area (Å²) in [5.74, 6) is 2.77. The van der Waals surface area contributed by atoms with Crippen molar-refractivity contribution in [3.63, 3.8) is 0 Å². The highest BCUT2D eigenvalue weighted by molar-refractivity contribution is 14.0. The second-order valence-electron chi connectivity index (χ2n) is 6.51. The molecule has 2 rings (SSSR count). The molecule has 1 aliphatic rings. The van der Waals surface area contributed by atoms with Gasteiger partial charge >= 0.3 is 0 Å². The van der Waals surface area contributed by atoms with Gasteiger partial charge in [-0.2, -0.15) is 11.8 Å². The lowest BCUT2D eigenvalue weighted by molar-refractivity contribution is 0.186. The Bertz CT molecular complexity index is 552. The molecule has 0 radical (unpaired) electrons. The van der Waals surface area contributed by atoms with Crippen LogP contribution in [0.5, 0.6) is 5.75 Å². The number of methoxy groups -OCH3 is 1. The number of aliphatic hydroxyl groups excluding tert-OH is 1. The largest absolute Gasteiger partial charge is 0.497 e. The van der Waals surface area contributed by atoms with E-state index in [4.69, 9.17) is 4.74 Å². The molecule has 1 fully saturated rings. The van der Waals surface area contributed by atoms with E-state index in [1.54, 1.807) is 7.11 Å². The zero-order chi connectivity index (χ0) is 17.6. The number of guanidine groups is 1. The Labute approximate surface area is 172 Å². The Morgan fingerprint density at radius 3 is 2.64 bits per heavy atom. The first-order valence-corrected chi connectivity index (χ1v) is 9.43. The van der Waals surface area contributed by atoms with Crippen molar-refractivity contribution in [2.45, 2.75) is 31.6 Å². The van der Waals surface area contributed by atoms with Crippen molar-refractivity contribution in [1.82, 2.24) is 10.2 Å². The highest BCUT2D eigenvalue weighted by Crippen LogP contribution is 2.29. The number of ether oxygens (including phenoxy) is 1. The Morgan fingerprint density at radius 1 is 1.40 bits per heavy atom. The van der Waals surface area contributed by atoms with Crippen LogP contribution in [0.4, 0.5) is 0 Å². The molecule has 0 aliphatic carbocycles. The van der Waals surface area contributed by atoms with Gasteiger partial charge in [-0.3, -0.25) is 4.99 Å². The van der Waals surface area contributed by atoms with Crippen LogP contribution in [0.1, 0.15) is 32.4 Å².